The number of rotatable bonds is 3. The van der Waals surface area contributed by atoms with Gasteiger partial charge >= 0.3 is 0 Å². The molecule has 0 saturated heterocycles. The van der Waals surface area contributed by atoms with E-state index < -0.39 is 0 Å². The van der Waals surface area contributed by atoms with Gasteiger partial charge in [0.15, 0.2) is 0 Å². The van der Waals surface area contributed by atoms with Crippen LogP contribution in [0.3, 0.4) is 0 Å². The van der Waals surface area contributed by atoms with E-state index in [-0.39, 0.29) is 12.5 Å². The van der Waals surface area contributed by atoms with Gasteiger partial charge in [-0.1, -0.05) is 11.6 Å². The average molecular weight is 252 g/mol. The first kappa shape index (κ1) is 11.4. The maximum Gasteiger partial charge on any atom is 0.247 e. The predicted molar refractivity (Wildman–Crippen MR) is 64.5 cm³/mol. The van der Waals surface area contributed by atoms with Gasteiger partial charge in [-0.05, 0) is 18.2 Å². The van der Waals surface area contributed by atoms with Gasteiger partial charge in [0.2, 0.25) is 5.91 Å². The molecule has 0 aliphatic carbocycles. The predicted octanol–water partition coefficient (Wildman–Crippen LogP) is 1.15. The minimum Gasteiger partial charge on any atom is -0.382 e. The number of anilines is 2. The fourth-order valence-corrected chi connectivity index (χ4v) is 1.36. The molecule has 0 bridgehead atoms. The van der Waals surface area contributed by atoms with Gasteiger partial charge < -0.3 is 11.1 Å². The number of hydrogen-bond donors (Lipinski definition) is 2. The molecule has 0 radical (unpaired) electrons. The standard InChI is InChI=1S/C10H10ClN5O/c11-7-1-2-9(13-5-7)14-10(17)6-16-4-3-8(12)15-16/h1-5H,6H2,(H2,12,15)(H,13,14,17). The maximum atomic E-state index is 11.6. The van der Waals surface area contributed by atoms with Crippen LogP contribution in [0.2, 0.25) is 5.02 Å². The summed E-state index contributed by atoms with van der Waals surface area (Å²) in [5.41, 5.74) is 5.43. The lowest BCUT2D eigenvalue weighted by Gasteiger charge is -2.04. The molecule has 0 fully saturated rings. The van der Waals surface area contributed by atoms with Crippen molar-refractivity contribution in [3.05, 3.63) is 35.6 Å². The van der Waals surface area contributed by atoms with Crippen LogP contribution in [0.4, 0.5) is 11.6 Å². The zero-order valence-corrected chi connectivity index (χ0v) is 9.55. The third kappa shape index (κ3) is 3.18. The van der Waals surface area contributed by atoms with Crippen LogP contribution in [-0.4, -0.2) is 20.7 Å². The molecule has 7 heteroatoms. The minimum absolute atomic E-state index is 0.0848. The number of amides is 1. The number of nitrogens with zero attached hydrogens (tertiary/aromatic N) is 3. The molecule has 0 spiro atoms. The minimum atomic E-state index is -0.233. The summed E-state index contributed by atoms with van der Waals surface area (Å²) in [6.45, 7) is 0.0848. The highest BCUT2D eigenvalue weighted by Gasteiger charge is 2.05. The molecule has 2 heterocycles. The van der Waals surface area contributed by atoms with Crippen LogP contribution in [0.15, 0.2) is 30.6 Å². The van der Waals surface area contributed by atoms with Crippen molar-refractivity contribution in [3.8, 4) is 0 Å². The third-order valence-corrected chi connectivity index (χ3v) is 2.19. The van der Waals surface area contributed by atoms with E-state index in [1.807, 2.05) is 0 Å². The normalized spacial score (nSPS) is 10.2. The first-order valence-electron chi connectivity index (χ1n) is 4.84. The second-order valence-electron chi connectivity index (χ2n) is 3.35. The van der Waals surface area contributed by atoms with Crippen LogP contribution in [-0.2, 0) is 11.3 Å². The maximum absolute atomic E-state index is 11.6. The van der Waals surface area contributed by atoms with Gasteiger partial charge in [-0.3, -0.25) is 9.48 Å². The molecule has 6 nitrogen and oxygen atoms in total. The van der Waals surface area contributed by atoms with Gasteiger partial charge in [-0.25, -0.2) is 4.98 Å². The van der Waals surface area contributed by atoms with Crippen LogP contribution < -0.4 is 11.1 Å². The molecule has 3 N–H and O–H groups in total. The second kappa shape index (κ2) is 4.84. The molecular formula is C10H10ClN5O. The lowest BCUT2D eigenvalue weighted by molar-refractivity contribution is -0.116. The highest BCUT2D eigenvalue weighted by Crippen LogP contribution is 2.09. The molecule has 0 aromatic carbocycles. The number of halogens is 1. The number of carbonyl (C=O) groups excluding carboxylic acids is 1. The number of nitrogen functional groups attached to an aromatic ring is 1. The molecule has 2 aromatic rings. The van der Waals surface area contributed by atoms with Crippen molar-refractivity contribution in [1.29, 1.82) is 0 Å². The van der Waals surface area contributed by atoms with Crippen molar-refractivity contribution >= 4 is 29.1 Å². The zero-order valence-electron chi connectivity index (χ0n) is 8.80. The first-order chi connectivity index (χ1) is 8.13. The summed E-state index contributed by atoms with van der Waals surface area (Å²) in [6, 6.07) is 4.89. The van der Waals surface area contributed by atoms with E-state index in [0.29, 0.717) is 16.7 Å². The Morgan fingerprint density at radius 3 is 2.88 bits per heavy atom. The van der Waals surface area contributed by atoms with Crippen LogP contribution >= 0.6 is 11.6 Å². The lowest BCUT2D eigenvalue weighted by atomic mass is 10.4. The molecule has 0 saturated carbocycles. The summed E-state index contributed by atoms with van der Waals surface area (Å²) in [4.78, 5) is 15.5. The fraction of sp³-hybridized carbons (Fsp3) is 0.100. The molecule has 0 atom stereocenters. The van der Waals surface area contributed by atoms with E-state index in [0.717, 1.165) is 0 Å². The number of nitrogens with two attached hydrogens (primary N) is 1. The van der Waals surface area contributed by atoms with Gasteiger partial charge in [-0.15, -0.1) is 0 Å². The highest BCUT2D eigenvalue weighted by atomic mass is 35.5. The zero-order chi connectivity index (χ0) is 12.3. The Morgan fingerprint density at radius 1 is 1.47 bits per heavy atom. The third-order valence-electron chi connectivity index (χ3n) is 1.96. The Morgan fingerprint density at radius 2 is 2.29 bits per heavy atom. The van der Waals surface area contributed by atoms with Gasteiger partial charge in [-0.2, -0.15) is 5.10 Å². The quantitative estimate of drug-likeness (QED) is 0.857. The van der Waals surface area contributed by atoms with E-state index in [2.05, 4.69) is 15.4 Å². The molecule has 2 aromatic heterocycles. The molecule has 0 aliphatic heterocycles. The Kier molecular flexibility index (Phi) is 3.24. The van der Waals surface area contributed by atoms with Gasteiger partial charge in [0.25, 0.3) is 0 Å². The fourth-order valence-electron chi connectivity index (χ4n) is 1.24. The summed E-state index contributed by atoms with van der Waals surface area (Å²) >= 11 is 5.68. The monoisotopic (exact) mass is 251 g/mol. The number of aromatic nitrogens is 3. The smallest absolute Gasteiger partial charge is 0.247 e. The van der Waals surface area contributed by atoms with Crippen LogP contribution in [0.1, 0.15) is 0 Å². The Labute approximate surface area is 102 Å². The molecule has 0 unspecified atom stereocenters. The SMILES string of the molecule is Nc1ccn(CC(=O)Nc2ccc(Cl)cn2)n1. The summed E-state index contributed by atoms with van der Waals surface area (Å²) in [6.07, 6.45) is 3.09. The van der Waals surface area contributed by atoms with E-state index in [1.165, 1.54) is 10.9 Å². The Balaban J connectivity index is 1.95. The van der Waals surface area contributed by atoms with E-state index in [4.69, 9.17) is 17.3 Å². The first-order valence-corrected chi connectivity index (χ1v) is 5.21. The molecule has 2 rings (SSSR count). The van der Waals surface area contributed by atoms with Crippen LogP contribution in [0.25, 0.3) is 0 Å². The van der Waals surface area contributed by atoms with Crippen molar-refractivity contribution in [2.75, 3.05) is 11.1 Å². The molecule has 1 amide bonds. The largest absolute Gasteiger partial charge is 0.382 e. The second-order valence-corrected chi connectivity index (χ2v) is 3.78. The van der Waals surface area contributed by atoms with Crippen molar-refractivity contribution in [2.24, 2.45) is 0 Å². The molecular weight excluding hydrogens is 242 g/mol. The van der Waals surface area contributed by atoms with E-state index in [1.54, 1.807) is 24.4 Å². The molecule has 0 aliphatic rings. The van der Waals surface area contributed by atoms with Gasteiger partial charge in [0.1, 0.15) is 18.2 Å². The summed E-state index contributed by atoms with van der Waals surface area (Å²) in [5.74, 6) is 0.588. The highest BCUT2D eigenvalue weighted by molar-refractivity contribution is 6.30. The number of pyridine rings is 1. The van der Waals surface area contributed by atoms with Crippen molar-refractivity contribution in [2.45, 2.75) is 6.54 Å². The Bertz CT molecular complexity index is 522. The van der Waals surface area contributed by atoms with Crippen molar-refractivity contribution in [1.82, 2.24) is 14.8 Å². The topological polar surface area (TPSA) is 85.8 Å². The average Bonchev–Trinajstić information content (AvgIpc) is 2.67. The number of nitrogens with one attached hydrogen (secondary N) is 1. The van der Waals surface area contributed by atoms with Gasteiger partial charge in [0.05, 0.1) is 5.02 Å². The van der Waals surface area contributed by atoms with Crippen LogP contribution in [0, 0.1) is 0 Å². The Hall–Kier alpha value is -2.08. The van der Waals surface area contributed by atoms with Crippen LogP contribution in [0.5, 0.6) is 0 Å². The van der Waals surface area contributed by atoms with E-state index >= 15 is 0 Å². The summed E-state index contributed by atoms with van der Waals surface area (Å²) in [5, 5.41) is 7.03. The lowest BCUT2D eigenvalue weighted by Crippen LogP contribution is -2.19. The summed E-state index contributed by atoms with van der Waals surface area (Å²) in [7, 11) is 0. The number of hydrogen-bond acceptors (Lipinski definition) is 4. The molecule has 88 valence electrons. The number of carbonyl (C=O) groups is 1. The summed E-state index contributed by atoms with van der Waals surface area (Å²) < 4.78 is 1.45. The van der Waals surface area contributed by atoms with Crippen molar-refractivity contribution in [3.63, 3.8) is 0 Å². The van der Waals surface area contributed by atoms with Crippen molar-refractivity contribution < 1.29 is 4.79 Å². The molecule has 17 heavy (non-hydrogen) atoms. The van der Waals surface area contributed by atoms with E-state index in [9.17, 15) is 4.79 Å². The van der Waals surface area contributed by atoms with Gasteiger partial charge in [0, 0.05) is 12.4 Å².